The Morgan fingerprint density at radius 1 is 1.29 bits per heavy atom. The number of fused-ring (bicyclic) bond motifs is 1. The summed E-state index contributed by atoms with van der Waals surface area (Å²) in [6.07, 6.45) is 4.83. The molecule has 0 bridgehead atoms. The maximum Gasteiger partial charge on any atom is 0.0734 e. The second-order valence-corrected chi connectivity index (χ2v) is 5.21. The van der Waals surface area contributed by atoms with Gasteiger partial charge in [-0.1, -0.05) is 24.3 Å². The monoisotopic (exact) mass is 227 g/mol. The topological polar surface area (TPSA) is 33.1 Å². The largest absolute Gasteiger partial charge is 0.393 e. The lowest BCUT2D eigenvalue weighted by Crippen LogP contribution is -2.20. The average molecular weight is 227 g/mol. The first-order valence-electron chi connectivity index (χ1n) is 6.22. The second-order valence-electron chi connectivity index (χ2n) is 5.21. The fraction of sp³-hybridized carbons (Fsp3) is 0.400. The molecule has 0 amide bonds. The molecule has 1 aliphatic carbocycles. The SMILES string of the molecule is CC(O)C1(Cc2cccc3cccnc23)CC1. The van der Waals surface area contributed by atoms with Gasteiger partial charge in [-0.15, -0.1) is 0 Å². The lowest BCUT2D eigenvalue weighted by atomic mass is 9.90. The number of para-hydroxylation sites is 1. The molecule has 1 heterocycles. The summed E-state index contributed by atoms with van der Waals surface area (Å²) < 4.78 is 0. The van der Waals surface area contributed by atoms with Gasteiger partial charge in [0.15, 0.2) is 0 Å². The minimum Gasteiger partial charge on any atom is -0.393 e. The molecule has 1 N–H and O–H groups in total. The lowest BCUT2D eigenvalue weighted by molar-refractivity contribution is 0.110. The van der Waals surface area contributed by atoms with Crippen LogP contribution in [0.5, 0.6) is 0 Å². The Balaban J connectivity index is 2.01. The molecule has 0 saturated heterocycles. The summed E-state index contributed by atoms with van der Waals surface area (Å²) in [6, 6.07) is 10.4. The number of nitrogens with zero attached hydrogens (tertiary/aromatic N) is 1. The molecule has 1 atom stereocenters. The Labute approximate surface area is 101 Å². The summed E-state index contributed by atoms with van der Waals surface area (Å²) in [5, 5.41) is 11.0. The number of aliphatic hydroxyl groups is 1. The Bertz CT molecular complexity index is 538. The van der Waals surface area contributed by atoms with Gasteiger partial charge in [0, 0.05) is 17.0 Å². The standard InChI is InChI=1S/C15H17NO/c1-11(17)15(7-8-15)10-13-5-2-4-12-6-3-9-16-14(12)13/h2-6,9,11,17H,7-8,10H2,1H3. The number of pyridine rings is 1. The molecule has 3 rings (SSSR count). The normalized spacial score (nSPS) is 19.2. The minimum atomic E-state index is -0.221. The summed E-state index contributed by atoms with van der Waals surface area (Å²) in [5.74, 6) is 0. The van der Waals surface area contributed by atoms with Gasteiger partial charge < -0.3 is 5.11 Å². The summed E-state index contributed by atoms with van der Waals surface area (Å²) >= 11 is 0. The van der Waals surface area contributed by atoms with Crippen LogP contribution in [0.1, 0.15) is 25.3 Å². The van der Waals surface area contributed by atoms with Crippen molar-refractivity contribution in [3.63, 3.8) is 0 Å². The number of hydrogen-bond donors (Lipinski definition) is 1. The van der Waals surface area contributed by atoms with E-state index in [-0.39, 0.29) is 11.5 Å². The Hall–Kier alpha value is -1.41. The van der Waals surface area contributed by atoms with Crippen LogP contribution in [0.3, 0.4) is 0 Å². The van der Waals surface area contributed by atoms with Crippen molar-refractivity contribution >= 4 is 10.9 Å². The number of benzene rings is 1. The van der Waals surface area contributed by atoms with Crippen molar-refractivity contribution in [2.24, 2.45) is 5.41 Å². The number of hydrogen-bond acceptors (Lipinski definition) is 2. The highest BCUT2D eigenvalue weighted by molar-refractivity contribution is 5.81. The maximum absolute atomic E-state index is 9.86. The Kier molecular flexibility index (Phi) is 2.40. The molecule has 1 unspecified atom stereocenters. The van der Waals surface area contributed by atoms with Crippen LogP contribution in [-0.4, -0.2) is 16.2 Å². The van der Waals surface area contributed by atoms with Crippen LogP contribution in [0.25, 0.3) is 10.9 Å². The predicted molar refractivity (Wildman–Crippen MR) is 68.8 cm³/mol. The molecular formula is C15H17NO. The minimum absolute atomic E-state index is 0.117. The van der Waals surface area contributed by atoms with E-state index in [9.17, 15) is 5.11 Å². The molecule has 88 valence electrons. The average Bonchev–Trinajstić information content (AvgIpc) is 3.11. The molecule has 1 fully saturated rings. The summed E-state index contributed by atoms with van der Waals surface area (Å²) in [6.45, 7) is 1.91. The van der Waals surface area contributed by atoms with Crippen molar-refractivity contribution in [2.75, 3.05) is 0 Å². The van der Waals surface area contributed by atoms with Crippen LogP contribution in [0.2, 0.25) is 0 Å². The quantitative estimate of drug-likeness (QED) is 0.874. The van der Waals surface area contributed by atoms with Gasteiger partial charge in [0.05, 0.1) is 11.6 Å². The second kappa shape index (κ2) is 3.81. The van der Waals surface area contributed by atoms with Gasteiger partial charge in [-0.05, 0) is 37.8 Å². The van der Waals surface area contributed by atoms with E-state index in [4.69, 9.17) is 0 Å². The molecule has 1 aromatic carbocycles. The molecule has 2 aromatic rings. The highest BCUT2D eigenvalue weighted by Gasteiger charge is 2.46. The summed E-state index contributed by atoms with van der Waals surface area (Å²) in [7, 11) is 0. The molecule has 0 spiro atoms. The molecule has 0 radical (unpaired) electrons. The van der Waals surface area contributed by atoms with E-state index >= 15 is 0 Å². The first kappa shape index (κ1) is 10.7. The van der Waals surface area contributed by atoms with Crippen molar-refractivity contribution in [3.8, 4) is 0 Å². The summed E-state index contributed by atoms with van der Waals surface area (Å²) in [5.41, 5.74) is 2.47. The van der Waals surface area contributed by atoms with Crippen LogP contribution in [0.4, 0.5) is 0 Å². The zero-order valence-corrected chi connectivity index (χ0v) is 10.1. The molecule has 1 aromatic heterocycles. The van der Waals surface area contributed by atoms with Gasteiger partial charge in [0.2, 0.25) is 0 Å². The molecule has 1 saturated carbocycles. The van der Waals surface area contributed by atoms with Crippen LogP contribution >= 0.6 is 0 Å². The van der Waals surface area contributed by atoms with Gasteiger partial charge in [0.25, 0.3) is 0 Å². The fourth-order valence-corrected chi connectivity index (χ4v) is 2.59. The third kappa shape index (κ3) is 1.83. The Morgan fingerprint density at radius 2 is 2.06 bits per heavy atom. The zero-order valence-electron chi connectivity index (χ0n) is 10.1. The molecule has 0 aliphatic heterocycles. The van der Waals surface area contributed by atoms with Gasteiger partial charge >= 0.3 is 0 Å². The highest BCUT2D eigenvalue weighted by Crippen LogP contribution is 2.51. The van der Waals surface area contributed by atoms with Crippen molar-refractivity contribution in [3.05, 3.63) is 42.1 Å². The lowest BCUT2D eigenvalue weighted by Gasteiger charge is -2.19. The van der Waals surface area contributed by atoms with Crippen molar-refractivity contribution in [1.82, 2.24) is 4.98 Å². The molecule has 1 aliphatic rings. The molecule has 17 heavy (non-hydrogen) atoms. The Morgan fingerprint density at radius 3 is 2.76 bits per heavy atom. The van der Waals surface area contributed by atoms with E-state index < -0.39 is 0 Å². The molecule has 2 nitrogen and oxygen atoms in total. The van der Waals surface area contributed by atoms with Gasteiger partial charge in [-0.25, -0.2) is 0 Å². The van der Waals surface area contributed by atoms with E-state index in [1.54, 1.807) is 0 Å². The van der Waals surface area contributed by atoms with Crippen molar-refractivity contribution < 1.29 is 5.11 Å². The van der Waals surface area contributed by atoms with Crippen LogP contribution < -0.4 is 0 Å². The third-order valence-electron chi connectivity index (χ3n) is 4.04. The van der Waals surface area contributed by atoms with Crippen LogP contribution in [0.15, 0.2) is 36.5 Å². The maximum atomic E-state index is 9.86. The van der Waals surface area contributed by atoms with Gasteiger partial charge in [0.1, 0.15) is 0 Å². The van der Waals surface area contributed by atoms with E-state index in [2.05, 4.69) is 29.2 Å². The molecular weight excluding hydrogens is 210 g/mol. The van der Waals surface area contributed by atoms with Crippen molar-refractivity contribution in [1.29, 1.82) is 0 Å². The fourth-order valence-electron chi connectivity index (χ4n) is 2.59. The number of aromatic nitrogens is 1. The first-order valence-corrected chi connectivity index (χ1v) is 6.22. The van der Waals surface area contributed by atoms with E-state index in [0.717, 1.165) is 24.8 Å². The van der Waals surface area contributed by atoms with Crippen molar-refractivity contribution in [2.45, 2.75) is 32.3 Å². The highest BCUT2D eigenvalue weighted by atomic mass is 16.3. The predicted octanol–water partition coefficient (Wildman–Crippen LogP) is 2.94. The van der Waals surface area contributed by atoms with Gasteiger partial charge in [-0.3, -0.25) is 4.98 Å². The van der Waals surface area contributed by atoms with Gasteiger partial charge in [-0.2, -0.15) is 0 Å². The van der Waals surface area contributed by atoms with Crippen LogP contribution in [0, 0.1) is 5.41 Å². The number of aliphatic hydroxyl groups excluding tert-OH is 1. The summed E-state index contributed by atoms with van der Waals surface area (Å²) in [4.78, 5) is 4.47. The van der Waals surface area contributed by atoms with E-state index in [1.807, 2.05) is 19.2 Å². The smallest absolute Gasteiger partial charge is 0.0734 e. The van der Waals surface area contributed by atoms with Crippen LogP contribution in [-0.2, 0) is 6.42 Å². The van der Waals surface area contributed by atoms with E-state index in [0.29, 0.717) is 0 Å². The molecule has 2 heteroatoms. The number of rotatable bonds is 3. The third-order valence-corrected chi connectivity index (χ3v) is 4.04. The first-order chi connectivity index (χ1) is 8.21. The van der Waals surface area contributed by atoms with E-state index in [1.165, 1.54) is 10.9 Å². The zero-order chi connectivity index (χ0) is 11.9.